The smallest absolute Gasteiger partial charge is 0.247 e. The molecule has 0 atom stereocenters. The van der Waals surface area contributed by atoms with Crippen molar-refractivity contribution < 1.29 is 36.6 Å². The zero-order chi connectivity index (χ0) is 33.7. The van der Waals surface area contributed by atoms with Gasteiger partial charge in [0.05, 0.1) is 10.6 Å². The Bertz CT molecular complexity index is 2030. The van der Waals surface area contributed by atoms with E-state index in [-0.39, 0.29) is 53.1 Å². The number of carbonyl (C=O) groups is 1. The molecule has 13 heteroatoms. The third kappa shape index (κ3) is 8.63. The number of ether oxygens (including phenoxy) is 1. The number of hydrogen-bond acceptors (Lipinski definition) is 6. The summed E-state index contributed by atoms with van der Waals surface area (Å²) in [5.41, 5.74) is 1.72. The number of nitrogens with zero attached hydrogens (tertiary/aromatic N) is 2. The molecule has 0 saturated heterocycles. The van der Waals surface area contributed by atoms with Gasteiger partial charge in [-0.2, -0.15) is 9.04 Å². The number of benzene rings is 4. The molecule has 0 aliphatic heterocycles. The van der Waals surface area contributed by atoms with Crippen molar-refractivity contribution in [3.8, 4) is 17.2 Å². The summed E-state index contributed by atoms with van der Waals surface area (Å²) in [7, 11) is -4.49. The molecule has 242 valence electrons. The molecule has 0 radical (unpaired) electrons. The number of hydrogen-bond donors (Lipinski definition) is 1. The second kappa shape index (κ2) is 14.5. The van der Waals surface area contributed by atoms with Crippen LogP contribution in [-0.2, 0) is 29.5 Å². The topological polar surface area (TPSA) is 111 Å². The quantitative estimate of drug-likeness (QED) is 0.0816. The number of aromatic nitrogens is 1. The molecular weight excluding hydrogens is 673 g/mol. The summed E-state index contributed by atoms with van der Waals surface area (Å²) in [5.74, 6) is -1.35. The Kier molecular flexibility index (Phi) is 10.4. The van der Waals surface area contributed by atoms with Crippen LogP contribution in [0.1, 0.15) is 33.5 Å². The number of sulfonamides is 1. The van der Waals surface area contributed by atoms with Gasteiger partial charge in [0.15, 0.2) is 23.9 Å². The molecule has 8 nitrogen and oxygen atoms in total. The van der Waals surface area contributed by atoms with Gasteiger partial charge in [-0.05, 0) is 89.8 Å². The van der Waals surface area contributed by atoms with E-state index in [4.69, 9.17) is 27.9 Å². The zero-order valence-corrected chi connectivity index (χ0v) is 26.8. The largest absolute Gasteiger partial charge is 0.619 e. The molecule has 47 heavy (non-hydrogen) atoms. The van der Waals surface area contributed by atoms with Gasteiger partial charge in [0, 0.05) is 30.6 Å². The Balaban J connectivity index is 1.53. The highest BCUT2D eigenvalue weighted by molar-refractivity contribution is 7.89. The van der Waals surface area contributed by atoms with Crippen molar-refractivity contribution in [2.75, 3.05) is 0 Å². The first-order chi connectivity index (χ1) is 22.4. The molecule has 0 fully saturated rings. The first-order valence-corrected chi connectivity index (χ1v) is 16.3. The van der Waals surface area contributed by atoms with Gasteiger partial charge in [0.25, 0.3) is 0 Å². The van der Waals surface area contributed by atoms with Crippen LogP contribution in [0.3, 0.4) is 0 Å². The Labute approximate surface area is 279 Å². The fourth-order valence-electron chi connectivity index (χ4n) is 4.78. The SMILES string of the molecule is O=C(CCc1cc(CN(Cc2ccc(F)cc2)S(=O)(=O)c2cc(Cl)cc(Cl)c2O)cc(Oc2ccc(F)cc2)c1)c1ccc[n+]([O-])c1. The first-order valence-electron chi connectivity index (χ1n) is 14.1. The fourth-order valence-corrected chi connectivity index (χ4v) is 6.95. The van der Waals surface area contributed by atoms with Crippen LogP contribution in [0.5, 0.6) is 17.2 Å². The number of phenols is 1. The third-order valence-electron chi connectivity index (χ3n) is 7.06. The molecule has 1 N–H and O–H groups in total. The second-order valence-electron chi connectivity index (χ2n) is 10.6. The Hall–Kier alpha value is -4.55. The van der Waals surface area contributed by atoms with Crippen molar-refractivity contribution in [3.05, 3.63) is 153 Å². The number of halogens is 4. The number of rotatable bonds is 12. The van der Waals surface area contributed by atoms with Gasteiger partial charge < -0.3 is 15.1 Å². The minimum atomic E-state index is -4.49. The van der Waals surface area contributed by atoms with Crippen LogP contribution < -0.4 is 9.47 Å². The highest BCUT2D eigenvalue weighted by atomic mass is 35.5. The summed E-state index contributed by atoms with van der Waals surface area (Å²) < 4.78 is 62.9. The van der Waals surface area contributed by atoms with Gasteiger partial charge in [-0.15, -0.1) is 0 Å². The van der Waals surface area contributed by atoms with E-state index in [0.717, 1.165) is 10.4 Å². The summed E-state index contributed by atoms with van der Waals surface area (Å²) in [5, 5.41) is 22.0. The van der Waals surface area contributed by atoms with Crippen molar-refractivity contribution >= 4 is 39.0 Å². The van der Waals surface area contributed by atoms with Crippen LogP contribution in [0.15, 0.2) is 108 Å². The molecule has 5 rings (SSSR count). The van der Waals surface area contributed by atoms with Crippen LogP contribution in [0.4, 0.5) is 8.78 Å². The van der Waals surface area contributed by atoms with Crippen molar-refractivity contribution in [1.82, 2.24) is 4.31 Å². The Morgan fingerprint density at radius 2 is 1.49 bits per heavy atom. The van der Waals surface area contributed by atoms with Crippen LogP contribution >= 0.6 is 23.2 Å². The maximum Gasteiger partial charge on any atom is 0.247 e. The lowest BCUT2D eigenvalue weighted by molar-refractivity contribution is -0.605. The summed E-state index contributed by atoms with van der Waals surface area (Å²) in [6.07, 6.45) is 2.67. The number of aryl methyl sites for hydroxylation is 1. The van der Waals surface area contributed by atoms with E-state index in [2.05, 4.69) is 0 Å². The minimum absolute atomic E-state index is 0.0179. The Morgan fingerprint density at radius 1 is 0.851 bits per heavy atom. The van der Waals surface area contributed by atoms with Gasteiger partial charge in [0.2, 0.25) is 10.0 Å². The van der Waals surface area contributed by atoms with Gasteiger partial charge in [0.1, 0.15) is 28.0 Å². The van der Waals surface area contributed by atoms with E-state index in [9.17, 15) is 32.3 Å². The Morgan fingerprint density at radius 3 is 2.17 bits per heavy atom. The summed E-state index contributed by atoms with van der Waals surface area (Å²) in [4.78, 5) is 12.3. The predicted octanol–water partition coefficient (Wildman–Crippen LogP) is 7.61. The molecule has 0 aliphatic rings. The van der Waals surface area contributed by atoms with Crippen molar-refractivity contribution in [1.29, 1.82) is 0 Å². The molecule has 0 aliphatic carbocycles. The lowest BCUT2D eigenvalue weighted by Crippen LogP contribution is -2.30. The van der Waals surface area contributed by atoms with Gasteiger partial charge in [-0.25, -0.2) is 17.2 Å². The van der Waals surface area contributed by atoms with E-state index in [1.54, 1.807) is 18.2 Å². The molecule has 4 aromatic carbocycles. The highest BCUT2D eigenvalue weighted by Crippen LogP contribution is 2.37. The number of Topliss-reactive ketones (excluding diaryl/α,β-unsaturated/α-hetero) is 1. The van der Waals surface area contributed by atoms with Crippen molar-refractivity contribution in [2.24, 2.45) is 0 Å². The zero-order valence-electron chi connectivity index (χ0n) is 24.4. The predicted molar refractivity (Wildman–Crippen MR) is 172 cm³/mol. The molecule has 0 unspecified atom stereocenters. The number of ketones is 1. The molecule has 5 aromatic rings. The standard InChI is InChI=1S/C34H26Cl2F2N2O6S/c35-26-17-31(36)34(42)33(18-26)47(44,45)40(19-22-3-6-27(37)7-4-22)20-24-14-23(5-12-32(41)25-2-1-13-39(43)21-25)15-30(16-24)46-29-10-8-28(38)9-11-29/h1-4,6-11,13-18,21,42H,5,12,19-20H2. The average molecular weight is 700 g/mol. The third-order valence-corrected chi connectivity index (χ3v) is 9.37. The monoisotopic (exact) mass is 698 g/mol. The number of carbonyl (C=O) groups excluding carboxylic acids is 1. The molecular formula is C34H26Cl2F2N2O6S. The molecule has 0 bridgehead atoms. The number of aromatic hydroxyl groups is 1. The van der Waals surface area contributed by atoms with Crippen LogP contribution in [0.25, 0.3) is 0 Å². The highest BCUT2D eigenvalue weighted by Gasteiger charge is 2.30. The van der Waals surface area contributed by atoms with E-state index in [1.807, 2.05) is 0 Å². The maximum atomic E-state index is 14.1. The summed E-state index contributed by atoms with van der Waals surface area (Å²) >= 11 is 12.2. The number of pyridine rings is 1. The van der Waals surface area contributed by atoms with Crippen LogP contribution in [0.2, 0.25) is 10.0 Å². The maximum absolute atomic E-state index is 14.1. The fraction of sp³-hybridized carbons (Fsp3) is 0.118. The average Bonchev–Trinajstić information content (AvgIpc) is 3.03. The molecule has 0 amide bonds. The number of phenolic OH excluding ortho intramolecular Hbond substituents is 1. The molecule has 1 heterocycles. The summed E-state index contributed by atoms with van der Waals surface area (Å²) in [6, 6.07) is 20.8. The van der Waals surface area contributed by atoms with E-state index >= 15 is 0 Å². The molecule has 1 aromatic heterocycles. The molecule has 0 spiro atoms. The second-order valence-corrected chi connectivity index (χ2v) is 13.3. The van der Waals surface area contributed by atoms with Gasteiger partial charge in [-0.3, -0.25) is 4.79 Å². The lowest BCUT2D eigenvalue weighted by atomic mass is 10.0. The van der Waals surface area contributed by atoms with E-state index in [1.165, 1.54) is 79.1 Å². The van der Waals surface area contributed by atoms with Crippen LogP contribution in [-0.4, -0.2) is 23.6 Å². The van der Waals surface area contributed by atoms with Crippen LogP contribution in [0, 0.1) is 16.8 Å². The van der Waals surface area contributed by atoms with Crippen molar-refractivity contribution in [3.63, 3.8) is 0 Å². The lowest BCUT2D eigenvalue weighted by Gasteiger charge is -2.24. The minimum Gasteiger partial charge on any atom is -0.619 e. The van der Waals surface area contributed by atoms with E-state index < -0.39 is 32.3 Å². The molecule has 0 saturated carbocycles. The van der Waals surface area contributed by atoms with E-state index in [0.29, 0.717) is 27.2 Å². The first kappa shape index (κ1) is 33.8. The van der Waals surface area contributed by atoms with Crippen molar-refractivity contribution in [2.45, 2.75) is 30.8 Å². The summed E-state index contributed by atoms with van der Waals surface area (Å²) in [6.45, 7) is -0.494. The van der Waals surface area contributed by atoms with Gasteiger partial charge >= 0.3 is 0 Å². The normalized spacial score (nSPS) is 11.5. The van der Waals surface area contributed by atoms with Gasteiger partial charge in [-0.1, -0.05) is 41.4 Å².